The third-order valence-electron chi connectivity index (χ3n) is 2.10. The molecule has 0 heterocycles. The van der Waals surface area contributed by atoms with Crippen molar-refractivity contribution in [3.63, 3.8) is 0 Å². The molecule has 0 aromatic heterocycles. The average Bonchev–Trinajstić information content (AvgIpc) is 2.27. The monoisotopic (exact) mass is 267 g/mol. The van der Waals surface area contributed by atoms with Gasteiger partial charge in [-0.25, -0.2) is 0 Å². The molecule has 0 unspecified atom stereocenters. The van der Waals surface area contributed by atoms with Gasteiger partial charge in [-0.05, 0) is 30.5 Å². The van der Waals surface area contributed by atoms with Gasteiger partial charge in [-0.15, -0.1) is 0 Å². The molecule has 0 aliphatic rings. The lowest BCUT2D eigenvalue weighted by Gasteiger charge is -2.12. The van der Waals surface area contributed by atoms with Crippen molar-refractivity contribution in [1.29, 1.82) is 0 Å². The molecule has 0 atom stereocenters. The van der Waals surface area contributed by atoms with Crippen LogP contribution in [0.2, 0.25) is 15.1 Å². The van der Waals surface area contributed by atoms with E-state index in [4.69, 9.17) is 40.5 Å². The standard InChI is InChI=1S/C9H10Cl3N.C2H6/c1-4-6(3-13)7(10)5(2)9(12)8(4)11;1-2/h3,13H2,1-2H3;1-2H3. The van der Waals surface area contributed by atoms with Gasteiger partial charge in [-0.2, -0.15) is 0 Å². The van der Waals surface area contributed by atoms with Crippen molar-refractivity contribution in [2.45, 2.75) is 34.2 Å². The molecule has 0 amide bonds. The summed E-state index contributed by atoms with van der Waals surface area (Å²) in [4.78, 5) is 0. The van der Waals surface area contributed by atoms with Crippen LogP contribution in [-0.2, 0) is 6.54 Å². The first-order valence-corrected chi connectivity index (χ1v) is 5.96. The number of hydrogen-bond donors (Lipinski definition) is 1. The van der Waals surface area contributed by atoms with E-state index >= 15 is 0 Å². The minimum atomic E-state index is 0.377. The molecule has 1 rings (SSSR count). The van der Waals surface area contributed by atoms with Crippen molar-refractivity contribution in [2.24, 2.45) is 5.73 Å². The Labute approximate surface area is 107 Å². The quantitative estimate of drug-likeness (QED) is 0.731. The van der Waals surface area contributed by atoms with Crippen molar-refractivity contribution in [3.8, 4) is 0 Å². The predicted octanol–water partition coefficient (Wildman–Crippen LogP) is 4.75. The van der Waals surface area contributed by atoms with Crippen LogP contribution < -0.4 is 5.73 Å². The molecular formula is C11H16Cl3N. The fourth-order valence-electron chi connectivity index (χ4n) is 1.19. The molecular weight excluding hydrogens is 252 g/mol. The van der Waals surface area contributed by atoms with Gasteiger partial charge in [0.15, 0.2) is 0 Å². The molecule has 0 radical (unpaired) electrons. The molecule has 15 heavy (non-hydrogen) atoms. The molecule has 2 N–H and O–H groups in total. The minimum absolute atomic E-state index is 0.377. The average molecular weight is 269 g/mol. The number of halogens is 3. The highest BCUT2D eigenvalue weighted by atomic mass is 35.5. The van der Waals surface area contributed by atoms with E-state index < -0.39 is 0 Å². The fraction of sp³-hybridized carbons (Fsp3) is 0.455. The summed E-state index contributed by atoms with van der Waals surface area (Å²) >= 11 is 18.0. The third kappa shape index (κ3) is 3.01. The molecule has 86 valence electrons. The topological polar surface area (TPSA) is 26.0 Å². The minimum Gasteiger partial charge on any atom is -0.326 e. The largest absolute Gasteiger partial charge is 0.326 e. The van der Waals surface area contributed by atoms with Gasteiger partial charge in [0, 0.05) is 11.6 Å². The second-order valence-corrected chi connectivity index (χ2v) is 4.01. The van der Waals surface area contributed by atoms with Gasteiger partial charge in [-0.1, -0.05) is 48.7 Å². The van der Waals surface area contributed by atoms with Gasteiger partial charge in [0.25, 0.3) is 0 Å². The second kappa shape index (κ2) is 6.59. The molecule has 0 aliphatic heterocycles. The SMILES string of the molecule is CC.Cc1c(Cl)c(Cl)c(C)c(CN)c1Cl. The summed E-state index contributed by atoms with van der Waals surface area (Å²) in [5.74, 6) is 0. The maximum absolute atomic E-state index is 6.05. The van der Waals surface area contributed by atoms with Crippen LogP contribution in [0.4, 0.5) is 0 Å². The van der Waals surface area contributed by atoms with Crippen LogP contribution >= 0.6 is 34.8 Å². The fourth-order valence-corrected chi connectivity index (χ4v) is 2.05. The summed E-state index contributed by atoms with van der Waals surface area (Å²) < 4.78 is 0. The molecule has 0 fully saturated rings. The summed E-state index contributed by atoms with van der Waals surface area (Å²) in [6.07, 6.45) is 0. The Morgan fingerprint density at radius 3 is 1.67 bits per heavy atom. The van der Waals surface area contributed by atoms with Gasteiger partial charge < -0.3 is 5.73 Å². The highest BCUT2D eigenvalue weighted by Gasteiger charge is 2.14. The zero-order chi connectivity index (χ0) is 12.2. The van der Waals surface area contributed by atoms with Gasteiger partial charge in [0.2, 0.25) is 0 Å². The maximum atomic E-state index is 6.05. The smallest absolute Gasteiger partial charge is 0.0639 e. The highest BCUT2D eigenvalue weighted by Crippen LogP contribution is 2.37. The first kappa shape index (κ1) is 15.0. The zero-order valence-electron chi connectivity index (χ0n) is 9.42. The van der Waals surface area contributed by atoms with Gasteiger partial charge >= 0.3 is 0 Å². The molecule has 1 nitrogen and oxygen atoms in total. The van der Waals surface area contributed by atoms with Gasteiger partial charge in [0.05, 0.1) is 10.0 Å². The normalized spacial score (nSPS) is 9.60. The summed E-state index contributed by atoms with van der Waals surface area (Å²) in [7, 11) is 0. The van der Waals surface area contributed by atoms with E-state index in [1.165, 1.54) is 0 Å². The van der Waals surface area contributed by atoms with E-state index in [1.54, 1.807) is 0 Å². The van der Waals surface area contributed by atoms with E-state index in [0.29, 0.717) is 21.6 Å². The number of benzene rings is 1. The van der Waals surface area contributed by atoms with E-state index in [9.17, 15) is 0 Å². The van der Waals surface area contributed by atoms with Gasteiger partial charge in [0.1, 0.15) is 0 Å². The predicted molar refractivity (Wildman–Crippen MR) is 70.2 cm³/mol. The Bertz CT molecular complexity index is 319. The van der Waals surface area contributed by atoms with E-state index in [-0.39, 0.29) is 0 Å². The van der Waals surface area contributed by atoms with E-state index in [1.807, 2.05) is 27.7 Å². The molecule has 0 saturated carbocycles. The summed E-state index contributed by atoms with van der Waals surface area (Å²) in [5.41, 5.74) is 8.08. The van der Waals surface area contributed by atoms with Crippen LogP contribution in [0, 0.1) is 13.8 Å². The van der Waals surface area contributed by atoms with Crippen molar-refractivity contribution in [3.05, 3.63) is 31.8 Å². The number of rotatable bonds is 1. The van der Waals surface area contributed by atoms with E-state index in [0.717, 1.165) is 16.7 Å². The second-order valence-electron chi connectivity index (χ2n) is 2.87. The third-order valence-corrected chi connectivity index (χ3v) is 3.66. The van der Waals surface area contributed by atoms with E-state index in [2.05, 4.69) is 0 Å². The van der Waals surface area contributed by atoms with Crippen molar-refractivity contribution in [2.75, 3.05) is 0 Å². The van der Waals surface area contributed by atoms with Crippen LogP contribution in [-0.4, -0.2) is 0 Å². The van der Waals surface area contributed by atoms with Crippen molar-refractivity contribution in [1.82, 2.24) is 0 Å². The molecule has 0 aliphatic carbocycles. The van der Waals surface area contributed by atoms with Crippen LogP contribution in [0.25, 0.3) is 0 Å². The molecule has 4 heteroatoms. The zero-order valence-corrected chi connectivity index (χ0v) is 11.7. The van der Waals surface area contributed by atoms with Crippen molar-refractivity contribution >= 4 is 34.8 Å². The Morgan fingerprint density at radius 1 is 0.867 bits per heavy atom. The first-order valence-electron chi connectivity index (χ1n) is 4.83. The molecule has 0 bridgehead atoms. The Morgan fingerprint density at radius 2 is 1.27 bits per heavy atom. The summed E-state index contributed by atoms with van der Waals surface area (Å²) in [5, 5.41) is 1.68. The lowest BCUT2D eigenvalue weighted by molar-refractivity contribution is 1.04. The van der Waals surface area contributed by atoms with Crippen molar-refractivity contribution < 1.29 is 0 Å². The van der Waals surface area contributed by atoms with Crippen LogP contribution in [0.5, 0.6) is 0 Å². The molecule has 0 saturated heterocycles. The lowest BCUT2D eigenvalue weighted by Crippen LogP contribution is -2.02. The molecule has 1 aromatic rings. The lowest BCUT2D eigenvalue weighted by atomic mass is 10.1. The summed E-state index contributed by atoms with van der Waals surface area (Å²) in [6, 6.07) is 0. The molecule has 0 spiro atoms. The Kier molecular flexibility index (Phi) is 6.62. The summed E-state index contributed by atoms with van der Waals surface area (Å²) in [6.45, 7) is 8.07. The van der Waals surface area contributed by atoms with Crippen LogP contribution in [0.1, 0.15) is 30.5 Å². The van der Waals surface area contributed by atoms with Crippen LogP contribution in [0.3, 0.4) is 0 Å². The maximum Gasteiger partial charge on any atom is 0.0639 e. The first-order chi connectivity index (χ1) is 7.00. The van der Waals surface area contributed by atoms with Crippen LogP contribution in [0.15, 0.2) is 0 Å². The Balaban J connectivity index is 0.000000921. The van der Waals surface area contributed by atoms with Gasteiger partial charge in [-0.3, -0.25) is 0 Å². The molecule has 1 aromatic carbocycles. The number of nitrogens with two attached hydrogens (primary N) is 1. The highest BCUT2D eigenvalue weighted by molar-refractivity contribution is 6.44. The Hall–Kier alpha value is 0.0500. The number of hydrogen-bond acceptors (Lipinski definition) is 1.